The number of carbonyl (C=O) groups is 1. The van der Waals surface area contributed by atoms with E-state index in [1.165, 1.54) is 0 Å². The molecule has 0 aromatic heterocycles. The Morgan fingerprint density at radius 1 is 1.30 bits per heavy atom. The number of rotatable bonds is 3. The Balaban J connectivity index is 2.24. The van der Waals surface area contributed by atoms with Crippen molar-refractivity contribution in [3.63, 3.8) is 0 Å². The molecule has 1 aromatic rings. The summed E-state index contributed by atoms with van der Waals surface area (Å²) >= 11 is 0. The second kappa shape index (κ2) is 6.22. The molecule has 104 valence electrons. The Labute approximate surface area is 118 Å². The van der Waals surface area contributed by atoms with E-state index in [4.69, 9.17) is 15.7 Å². The van der Waals surface area contributed by atoms with Crippen LogP contribution in [-0.2, 0) is 9.53 Å². The number of carbonyl (C=O) groups excluding carboxylic acids is 1. The van der Waals surface area contributed by atoms with Crippen molar-refractivity contribution in [2.75, 3.05) is 31.2 Å². The SMILES string of the molecule is C/C(=C(/C#N)C(N)=O)c1ccc(N2CCOCC2)cc1. The lowest BCUT2D eigenvalue weighted by Gasteiger charge is -2.29. The number of anilines is 1. The molecule has 1 aromatic carbocycles. The predicted octanol–water partition coefficient (Wildman–Crippen LogP) is 1.31. The Morgan fingerprint density at radius 3 is 2.40 bits per heavy atom. The summed E-state index contributed by atoms with van der Waals surface area (Å²) in [5.74, 6) is -0.692. The lowest BCUT2D eigenvalue weighted by molar-refractivity contribution is -0.114. The number of primary amides is 1. The van der Waals surface area contributed by atoms with Gasteiger partial charge >= 0.3 is 0 Å². The van der Waals surface area contributed by atoms with E-state index in [-0.39, 0.29) is 5.57 Å². The van der Waals surface area contributed by atoms with Crippen LogP contribution < -0.4 is 10.6 Å². The van der Waals surface area contributed by atoms with Crippen molar-refractivity contribution < 1.29 is 9.53 Å². The van der Waals surface area contributed by atoms with Crippen LogP contribution in [0.5, 0.6) is 0 Å². The van der Waals surface area contributed by atoms with E-state index in [2.05, 4.69) is 4.90 Å². The van der Waals surface area contributed by atoms with Crippen molar-refractivity contribution >= 4 is 17.2 Å². The van der Waals surface area contributed by atoms with Gasteiger partial charge in [-0.15, -0.1) is 0 Å². The van der Waals surface area contributed by atoms with E-state index in [0.29, 0.717) is 5.57 Å². The molecule has 0 radical (unpaired) electrons. The second-order valence-corrected chi connectivity index (χ2v) is 4.62. The van der Waals surface area contributed by atoms with Crippen molar-refractivity contribution in [1.29, 1.82) is 5.26 Å². The highest BCUT2D eigenvalue weighted by atomic mass is 16.5. The molecule has 1 aliphatic rings. The average Bonchev–Trinajstić information content (AvgIpc) is 2.48. The van der Waals surface area contributed by atoms with Crippen molar-refractivity contribution in [3.05, 3.63) is 35.4 Å². The molecule has 1 saturated heterocycles. The van der Waals surface area contributed by atoms with E-state index in [9.17, 15) is 4.79 Å². The first-order valence-corrected chi connectivity index (χ1v) is 6.47. The summed E-state index contributed by atoms with van der Waals surface area (Å²) in [5.41, 5.74) is 7.74. The Bertz CT molecular complexity index is 564. The maximum absolute atomic E-state index is 11.2. The summed E-state index contributed by atoms with van der Waals surface area (Å²) in [6.45, 7) is 4.95. The predicted molar refractivity (Wildman–Crippen MR) is 76.9 cm³/mol. The maximum Gasteiger partial charge on any atom is 0.259 e. The highest BCUT2D eigenvalue weighted by Gasteiger charge is 2.13. The van der Waals surface area contributed by atoms with E-state index in [1.54, 1.807) is 6.92 Å². The summed E-state index contributed by atoms with van der Waals surface area (Å²) in [7, 11) is 0. The van der Waals surface area contributed by atoms with Crippen molar-refractivity contribution in [3.8, 4) is 6.07 Å². The van der Waals surface area contributed by atoms with Gasteiger partial charge in [0, 0.05) is 18.8 Å². The Kier molecular flexibility index (Phi) is 4.38. The molecule has 5 heteroatoms. The van der Waals surface area contributed by atoms with E-state index in [1.807, 2.05) is 30.3 Å². The Hall–Kier alpha value is -2.32. The molecule has 2 rings (SSSR count). The van der Waals surface area contributed by atoms with Crippen LogP contribution in [0.25, 0.3) is 5.57 Å². The van der Waals surface area contributed by atoms with Gasteiger partial charge in [-0.25, -0.2) is 0 Å². The van der Waals surface area contributed by atoms with Gasteiger partial charge in [0.2, 0.25) is 0 Å². The maximum atomic E-state index is 11.2. The monoisotopic (exact) mass is 271 g/mol. The van der Waals surface area contributed by atoms with E-state index < -0.39 is 5.91 Å². The van der Waals surface area contributed by atoms with Crippen molar-refractivity contribution in [2.45, 2.75) is 6.92 Å². The molecule has 1 heterocycles. The number of ether oxygens (including phenoxy) is 1. The van der Waals surface area contributed by atoms with Gasteiger partial charge in [0.15, 0.2) is 0 Å². The number of amides is 1. The van der Waals surface area contributed by atoms with Crippen LogP contribution in [0.3, 0.4) is 0 Å². The highest BCUT2D eigenvalue weighted by Crippen LogP contribution is 2.22. The number of nitrogens with two attached hydrogens (primary N) is 1. The molecule has 2 N–H and O–H groups in total. The van der Waals surface area contributed by atoms with Crippen LogP contribution in [-0.4, -0.2) is 32.2 Å². The number of benzene rings is 1. The van der Waals surface area contributed by atoms with Crippen LogP contribution in [0, 0.1) is 11.3 Å². The minimum absolute atomic E-state index is 0.00382. The molecule has 5 nitrogen and oxygen atoms in total. The molecule has 1 aliphatic heterocycles. The third kappa shape index (κ3) is 2.98. The van der Waals surface area contributed by atoms with Gasteiger partial charge in [-0.3, -0.25) is 4.79 Å². The Morgan fingerprint density at radius 2 is 1.90 bits per heavy atom. The number of hydrogen-bond donors (Lipinski definition) is 1. The van der Waals surface area contributed by atoms with Gasteiger partial charge in [0.25, 0.3) is 5.91 Å². The fourth-order valence-corrected chi connectivity index (χ4v) is 2.21. The van der Waals surface area contributed by atoms with Gasteiger partial charge in [-0.1, -0.05) is 12.1 Å². The molecular formula is C15H17N3O2. The zero-order valence-electron chi connectivity index (χ0n) is 11.4. The minimum atomic E-state index is -0.692. The van der Waals surface area contributed by atoms with Crippen molar-refractivity contribution in [1.82, 2.24) is 0 Å². The molecule has 0 saturated carbocycles. The molecule has 0 bridgehead atoms. The van der Waals surface area contributed by atoms with Gasteiger partial charge in [0.1, 0.15) is 11.6 Å². The first-order chi connectivity index (χ1) is 9.63. The molecule has 1 amide bonds. The fourth-order valence-electron chi connectivity index (χ4n) is 2.21. The second-order valence-electron chi connectivity index (χ2n) is 4.62. The average molecular weight is 271 g/mol. The summed E-state index contributed by atoms with van der Waals surface area (Å²) in [6.07, 6.45) is 0. The smallest absolute Gasteiger partial charge is 0.259 e. The largest absolute Gasteiger partial charge is 0.378 e. The number of morpholine rings is 1. The normalized spacial score (nSPS) is 16.3. The van der Waals surface area contributed by atoms with Gasteiger partial charge in [-0.05, 0) is 30.2 Å². The third-order valence-electron chi connectivity index (χ3n) is 3.41. The summed E-state index contributed by atoms with van der Waals surface area (Å²) in [6, 6.07) is 9.63. The first-order valence-electron chi connectivity index (χ1n) is 6.47. The zero-order chi connectivity index (χ0) is 14.5. The van der Waals surface area contributed by atoms with Gasteiger partial charge in [0.05, 0.1) is 13.2 Å². The topological polar surface area (TPSA) is 79.3 Å². The number of nitriles is 1. The number of nitrogens with zero attached hydrogens (tertiary/aromatic N) is 2. The number of allylic oxidation sites excluding steroid dienone is 1. The quantitative estimate of drug-likeness (QED) is 0.664. The molecule has 20 heavy (non-hydrogen) atoms. The molecular weight excluding hydrogens is 254 g/mol. The van der Waals surface area contributed by atoms with Gasteiger partial charge in [-0.2, -0.15) is 5.26 Å². The third-order valence-corrected chi connectivity index (χ3v) is 3.41. The van der Waals surface area contributed by atoms with E-state index in [0.717, 1.165) is 37.6 Å². The lowest BCUT2D eigenvalue weighted by atomic mass is 10.0. The minimum Gasteiger partial charge on any atom is -0.378 e. The van der Waals surface area contributed by atoms with E-state index >= 15 is 0 Å². The molecule has 0 atom stereocenters. The molecule has 0 unspecified atom stereocenters. The molecule has 1 fully saturated rings. The molecule has 0 aliphatic carbocycles. The zero-order valence-corrected chi connectivity index (χ0v) is 11.4. The highest BCUT2D eigenvalue weighted by molar-refractivity contribution is 6.03. The summed E-state index contributed by atoms with van der Waals surface area (Å²) in [5, 5.41) is 8.96. The van der Waals surface area contributed by atoms with Crippen molar-refractivity contribution in [2.24, 2.45) is 5.73 Å². The summed E-state index contributed by atoms with van der Waals surface area (Å²) < 4.78 is 5.32. The van der Waals surface area contributed by atoms with Crippen LogP contribution >= 0.6 is 0 Å². The van der Waals surface area contributed by atoms with Crippen LogP contribution in [0.15, 0.2) is 29.8 Å². The summed E-state index contributed by atoms with van der Waals surface area (Å²) in [4.78, 5) is 13.4. The number of hydrogen-bond acceptors (Lipinski definition) is 4. The van der Waals surface area contributed by atoms with Crippen LogP contribution in [0.2, 0.25) is 0 Å². The molecule has 0 spiro atoms. The first kappa shape index (κ1) is 14.1. The lowest BCUT2D eigenvalue weighted by Crippen LogP contribution is -2.36. The fraction of sp³-hybridized carbons (Fsp3) is 0.333. The van der Waals surface area contributed by atoms with Gasteiger partial charge < -0.3 is 15.4 Å². The van der Waals surface area contributed by atoms with Crippen LogP contribution in [0.4, 0.5) is 5.69 Å². The standard InChI is InChI=1S/C15H17N3O2/c1-11(14(10-16)15(17)19)12-2-4-13(5-3-12)18-6-8-20-9-7-18/h2-5H,6-9H2,1H3,(H2,17,19)/b14-11+. The van der Waals surface area contributed by atoms with Crippen LogP contribution in [0.1, 0.15) is 12.5 Å².